The van der Waals surface area contributed by atoms with Crippen LogP contribution in [0, 0.1) is 0 Å². The Balaban J connectivity index is 2.91. The van der Waals surface area contributed by atoms with Crippen LogP contribution in [-0.2, 0) is 0 Å². The molecular weight excluding hydrogens is 275 g/mol. The van der Waals surface area contributed by atoms with Crippen molar-refractivity contribution >= 4 is 22.6 Å². The summed E-state index contributed by atoms with van der Waals surface area (Å²) in [5.74, 6) is 0. The van der Waals surface area contributed by atoms with E-state index in [0.29, 0.717) is 6.61 Å². The summed E-state index contributed by atoms with van der Waals surface area (Å²) in [5.41, 5.74) is 0. The normalized spacial score (nSPS) is 13.2. The molecule has 0 aromatic carbocycles. The number of halogens is 1. The summed E-state index contributed by atoms with van der Waals surface area (Å²) < 4.78 is 0.884. The van der Waals surface area contributed by atoms with E-state index in [1.807, 2.05) is 0 Å². The number of alkyl halides is 1. The van der Waals surface area contributed by atoms with Gasteiger partial charge in [0.15, 0.2) is 0 Å². The summed E-state index contributed by atoms with van der Waals surface area (Å²) in [6.07, 6.45) is 10.3. The van der Waals surface area contributed by atoms with Crippen LogP contribution in [0.25, 0.3) is 0 Å². The van der Waals surface area contributed by atoms with E-state index in [0.717, 1.165) is 10.3 Å². The third-order valence-corrected chi connectivity index (χ3v) is 3.87. The summed E-state index contributed by atoms with van der Waals surface area (Å²) in [6, 6.07) is 0. The summed E-state index contributed by atoms with van der Waals surface area (Å²) in [5, 5.41) is 8.57. The molecule has 0 rings (SSSR count). The molecule has 0 heterocycles. The van der Waals surface area contributed by atoms with Crippen LogP contribution < -0.4 is 0 Å². The molecule has 13 heavy (non-hydrogen) atoms. The van der Waals surface area contributed by atoms with Gasteiger partial charge in [0.2, 0.25) is 0 Å². The van der Waals surface area contributed by atoms with Crippen LogP contribution in [0.5, 0.6) is 0 Å². The SMILES string of the molecule is CCC(I)CCCCCCCCO. The number of aliphatic hydroxyl groups is 1. The quantitative estimate of drug-likeness (QED) is 0.388. The first-order chi connectivity index (χ1) is 6.31. The van der Waals surface area contributed by atoms with Crippen molar-refractivity contribution in [2.24, 2.45) is 0 Å². The van der Waals surface area contributed by atoms with Crippen LogP contribution in [-0.4, -0.2) is 15.6 Å². The minimum Gasteiger partial charge on any atom is -0.396 e. The van der Waals surface area contributed by atoms with E-state index in [-0.39, 0.29) is 0 Å². The zero-order valence-electron chi connectivity index (χ0n) is 8.77. The summed E-state index contributed by atoms with van der Waals surface area (Å²) in [6.45, 7) is 2.63. The van der Waals surface area contributed by atoms with E-state index in [1.165, 1.54) is 44.9 Å². The highest BCUT2D eigenvalue weighted by Gasteiger charge is 1.99. The Hall–Kier alpha value is 0.690. The smallest absolute Gasteiger partial charge is 0.0431 e. The van der Waals surface area contributed by atoms with E-state index in [9.17, 15) is 0 Å². The molecule has 0 fully saturated rings. The predicted octanol–water partition coefficient (Wildman–Crippen LogP) is 3.92. The molecule has 0 spiro atoms. The minimum absolute atomic E-state index is 0.367. The lowest BCUT2D eigenvalue weighted by Crippen LogP contribution is -1.94. The van der Waals surface area contributed by atoms with Crippen LogP contribution in [0.1, 0.15) is 58.3 Å². The van der Waals surface area contributed by atoms with Crippen LogP contribution in [0.15, 0.2) is 0 Å². The number of unbranched alkanes of at least 4 members (excludes halogenated alkanes) is 5. The van der Waals surface area contributed by atoms with Crippen molar-refractivity contribution in [3.05, 3.63) is 0 Å². The molecule has 0 aliphatic rings. The molecule has 0 aromatic heterocycles. The van der Waals surface area contributed by atoms with Gasteiger partial charge in [-0.25, -0.2) is 0 Å². The van der Waals surface area contributed by atoms with Gasteiger partial charge >= 0.3 is 0 Å². The van der Waals surface area contributed by atoms with Gasteiger partial charge in [-0.1, -0.05) is 61.6 Å². The van der Waals surface area contributed by atoms with E-state index >= 15 is 0 Å². The first-order valence-electron chi connectivity index (χ1n) is 5.56. The van der Waals surface area contributed by atoms with Crippen molar-refractivity contribution in [2.75, 3.05) is 6.61 Å². The minimum atomic E-state index is 0.367. The molecular formula is C11H23IO. The topological polar surface area (TPSA) is 20.2 Å². The molecule has 0 radical (unpaired) electrons. The summed E-state index contributed by atoms with van der Waals surface area (Å²) in [7, 11) is 0. The van der Waals surface area contributed by atoms with Crippen LogP contribution in [0.3, 0.4) is 0 Å². The van der Waals surface area contributed by atoms with Gasteiger partial charge in [0.25, 0.3) is 0 Å². The second-order valence-corrected chi connectivity index (χ2v) is 5.40. The zero-order valence-corrected chi connectivity index (χ0v) is 10.9. The lowest BCUT2D eigenvalue weighted by atomic mass is 10.1. The number of hydrogen-bond donors (Lipinski definition) is 1. The second kappa shape index (κ2) is 10.8. The fourth-order valence-corrected chi connectivity index (χ4v) is 1.83. The Bertz CT molecular complexity index is 96.1. The Morgan fingerprint density at radius 3 is 2.08 bits per heavy atom. The van der Waals surface area contributed by atoms with Gasteiger partial charge in [-0.3, -0.25) is 0 Å². The molecule has 0 aromatic rings. The van der Waals surface area contributed by atoms with Crippen LogP contribution >= 0.6 is 22.6 Å². The third kappa shape index (κ3) is 10.6. The van der Waals surface area contributed by atoms with Crippen molar-refractivity contribution < 1.29 is 5.11 Å². The predicted molar refractivity (Wildman–Crippen MR) is 67.5 cm³/mol. The number of rotatable bonds is 9. The summed E-state index contributed by atoms with van der Waals surface area (Å²) >= 11 is 2.55. The standard InChI is InChI=1S/C11H23IO/c1-2-11(12)9-7-5-3-4-6-8-10-13/h11,13H,2-10H2,1H3. The average molecular weight is 298 g/mol. The first-order valence-corrected chi connectivity index (χ1v) is 6.80. The molecule has 1 atom stereocenters. The molecule has 0 aliphatic heterocycles. The van der Waals surface area contributed by atoms with Crippen LogP contribution in [0.4, 0.5) is 0 Å². The van der Waals surface area contributed by atoms with Crippen molar-refractivity contribution in [1.29, 1.82) is 0 Å². The van der Waals surface area contributed by atoms with Crippen molar-refractivity contribution in [1.82, 2.24) is 0 Å². The van der Waals surface area contributed by atoms with Crippen molar-refractivity contribution in [2.45, 2.75) is 62.2 Å². The van der Waals surface area contributed by atoms with Gasteiger partial charge in [0.05, 0.1) is 0 Å². The molecule has 2 heteroatoms. The van der Waals surface area contributed by atoms with E-state index in [2.05, 4.69) is 29.5 Å². The maximum atomic E-state index is 8.57. The molecule has 0 saturated heterocycles. The Morgan fingerprint density at radius 1 is 1.00 bits per heavy atom. The zero-order chi connectivity index (χ0) is 9.94. The highest BCUT2D eigenvalue weighted by Crippen LogP contribution is 2.15. The van der Waals surface area contributed by atoms with Gasteiger partial charge in [-0.15, -0.1) is 0 Å². The number of aliphatic hydroxyl groups excluding tert-OH is 1. The van der Waals surface area contributed by atoms with Crippen LogP contribution in [0.2, 0.25) is 0 Å². The van der Waals surface area contributed by atoms with Gasteiger partial charge < -0.3 is 5.11 Å². The molecule has 1 nitrogen and oxygen atoms in total. The highest BCUT2D eigenvalue weighted by atomic mass is 127. The van der Waals surface area contributed by atoms with Gasteiger partial charge in [0, 0.05) is 10.5 Å². The first kappa shape index (κ1) is 13.7. The Morgan fingerprint density at radius 2 is 1.54 bits per heavy atom. The molecule has 80 valence electrons. The maximum absolute atomic E-state index is 8.57. The number of hydrogen-bond acceptors (Lipinski definition) is 1. The van der Waals surface area contributed by atoms with Gasteiger partial charge in [0.1, 0.15) is 0 Å². The fourth-order valence-electron chi connectivity index (χ4n) is 1.39. The lowest BCUT2D eigenvalue weighted by molar-refractivity contribution is 0.282. The molecule has 0 aliphatic carbocycles. The largest absolute Gasteiger partial charge is 0.396 e. The molecule has 0 saturated carbocycles. The second-order valence-electron chi connectivity index (χ2n) is 3.64. The molecule has 1 N–H and O–H groups in total. The molecule has 1 unspecified atom stereocenters. The Kier molecular flexibility index (Phi) is 11.3. The van der Waals surface area contributed by atoms with Gasteiger partial charge in [-0.05, 0) is 19.3 Å². The average Bonchev–Trinajstić information content (AvgIpc) is 2.16. The van der Waals surface area contributed by atoms with E-state index in [1.54, 1.807) is 0 Å². The van der Waals surface area contributed by atoms with E-state index in [4.69, 9.17) is 5.11 Å². The van der Waals surface area contributed by atoms with Gasteiger partial charge in [-0.2, -0.15) is 0 Å². The fraction of sp³-hybridized carbons (Fsp3) is 1.00. The van der Waals surface area contributed by atoms with E-state index < -0.39 is 0 Å². The third-order valence-electron chi connectivity index (χ3n) is 2.37. The lowest BCUT2D eigenvalue weighted by Gasteiger charge is -2.05. The molecule has 0 amide bonds. The summed E-state index contributed by atoms with van der Waals surface area (Å²) in [4.78, 5) is 0. The van der Waals surface area contributed by atoms with Crippen molar-refractivity contribution in [3.8, 4) is 0 Å². The van der Waals surface area contributed by atoms with Crippen molar-refractivity contribution in [3.63, 3.8) is 0 Å². The monoisotopic (exact) mass is 298 g/mol. The molecule has 0 bridgehead atoms. The maximum Gasteiger partial charge on any atom is 0.0431 e. The Labute approximate surface area is 96.4 Å². The highest BCUT2D eigenvalue weighted by molar-refractivity contribution is 14.1.